The molecule has 6 nitrogen and oxygen atoms in total. The fourth-order valence-electron chi connectivity index (χ4n) is 3.89. The highest BCUT2D eigenvalue weighted by molar-refractivity contribution is 7.99. The van der Waals surface area contributed by atoms with Crippen molar-refractivity contribution in [2.24, 2.45) is 0 Å². The molecule has 1 N–H and O–H groups in total. The molecule has 0 saturated carbocycles. The van der Waals surface area contributed by atoms with Crippen LogP contribution in [0.15, 0.2) is 84.3 Å². The first-order valence-electron chi connectivity index (χ1n) is 10.1. The van der Waals surface area contributed by atoms with Gasteiger partial charge in [-0.15, -0.1) is 10.2 Å². The monoisotopic (exact) mass is 427 g/mol. The molecule has 0 aliphatic heterocycles. The standard InChI is InChI=1S/C24H21N5OS/c1-2-28-21-11-7-6-10-19(21)20-14-17(12-13-22(20)28)26-23(30)15-31-24-27-25-16-29(24)18-8-4-3-5-9-18/h3-14,16H,2,15H2,1H3,(H,26,30). The Morgan fingerprint density at radius 2 is 1.74 bits per heavy atom. The molecule has 5 aromatic rings. The summed E-state index contributed by atoms with van der Waals surface area (Å²) in [6, 6.07) is 24.3. The van der Waals surface area contributed by atoms with Crippen LogP contribution in [-0.4, -0.2) is 31.0 Å². The number of hydrogen-bond donors (Lipinski definition) is 1. The van der Waals surface area contributed by atoms with Gasteiger partial charge < -0.3 is 9.88 Å². The second-order valence-electron chi connectivity index (χ2n) is 7.15. The fraction of sp³-hybridized carbons (Fsp3) is 0.125. The Morgan fingerprint density at radius 3 is 2.58 bits per heavy atom. The largest absolute Gasteiger partial charge is 0.341 e. The zero-order valence-corrected chi connectivity index (χ0v) is 17.8. The predicted molar refractivity (Wildman–Crippen MR) is 126 cm³/mol. The van der Waals surface area contributed by atoms with Crippen molar-refractivity contribution in [3.05, 3.63) is 79.1 Å². The molecule has 154 valence electrons. The molecule has 0 radical (unpaired) electrons. The van der Waals surface area contributed by atoms with Crippen LogP contribution in [0.2, 0.25) is 0 Å². The van der Waals surface area contributed by atoms with E-state index >= 15 is 0 Å². The zero-order chi connectivity index (χ0) is 21.2. The van der Waals surface area contributed by atoms with Crippen molar-refractivity contribution >= 4 is 45.2 Å². The number of amides is 1. The van der Waals surface area contributed by atoms with Crippen LogP contribution in [0.25, 0.3) is 27.5 Å². The summed E-state index contributed by atoms with van der Waals surface area (Å²) in [4.78, 5) is 12.6. The Morgan fingerprint density at radius 1 is 0.968 bits per heavy atom. The number of nitrogens with one attached hydrogen (secondary N) is 1. The van der Waals surface area contributed by atoms with Crippen molar-refractivity contribution in [3.8, 4) is 5.69 Å². The molecule has 0 fully saturated rings. The number of carbonyl (C=O) groups is 1. The number of aryl methyl sites for hydroxylation is 1. The molecule has 1 amide bonds. The molecular formula is C24H21N5OS. The summed E-state index contributed by atoms with van der Waals surface area (Å²) in [6.07, 6.45) is 1.66. The summed E-state index contributed by atoms with van der Waals surface area (Å²) in [6.45, 7) is 3.04. The topological polar surface area (TPSA) is 64.7 Å². The number of rotatable bonds is 6. The quantitative estimate of drug-likeness (QED) is 0.382. The third-order valence-electron chi connectivity index (χ3n) is 5.26. The number of nitrogens with zero attached hydrogens (tertiary/aromatic N) is 4. The first-order valence-corrected chi connectivity index (χ1v) is 11.1. The highest BCUT2D eigenvalue weighted by Crippen LogP contribution is 2.31. The number of benzene rings is 3. The van der Waals surface area contributed by atoms with Crippen LogP contribution in [0, 0.1) is 0 Å². The van der Waals surface area contributed by atoms with Gasteiger partial charge in [0, 0.05) is 39.7 Å². The van der Waals surface area contributed by atoms with E-state index in [4.69, 9.17) is 0 Å². The van der Waals surface area contributed by atoms with E-state index in [1.54, 1.807) is 6.33 Å². The van der Waals surface area contributed by atoms with Gasteiger partial charge in [0.25, 0.3) is 0 Å². The van der Waals surface area contributed by atoms with Crippen LogP contribution in [-0.2, 0) is 11.3 Å². The van der Waals surface area contributed by atoms with Crippen molar-refractivity contribution in [1.82, 2.24) is 19.3 Å². The minimum Gasteiger partial charge on any atom is -0.341 e. The number of para-hydroxylation sites is 2. The Kier molecular flexibility index (Phi) is 5.18. The Labute approximate surface area is 183 Å². The molecule has 0 atom stereocenters. The van der Waals surface area contributed by atoms with Gasteiger partial charge in [0.15, 0.2) is 5.16 Å². The lowest BCUT2D eigenvalue weighted by atomic mass is 10.1. The van der Waals surface area contributed by atoms with Crippen LogP contribution < -0.4 is 5.32 Å². The highest BCUT2D eigenvalue weighted by atomic mass is 32.2. The van der Waals surface area contributed by atoms with Crippen molar-refractivity contribution in [3.63, 3.8) is 0 Å². The molecule has 2 aromatic heterocycles. The van der Waals surface area contributed by atoms with Crippen molar-refractivity contribution in [1.29, 1.82) is 0 Å². The maximum atomic E-state index is 12.6. The van der Waals surface area contributed by atoms with E-state index in [-0.39, 0.29) is 11.7 Å². The maximum Gasteiger partial charge on any atom is 0.234 e. The van der Waals surface area contributed by atoms with Crippen LogP contribution in [0.4, 0.5) is 5.69 Å². The minimum absolute atomic E-state index is 0.0776. The van der Waals surface area contributed by atoms with Crippen LogP contribution in [0.1, 0.15) is 6.92 Å². The molecule has 3 aromatic carbocycles. The number of fused-ring (bicyclic) bond motifs is 3. The molecule has 0 bridgehead atoms. The average molecular weight is 428 g/mol. The molecule has 0 unspecified atom stereocenters. The molecule has 31 heavy (non-hydrogen) atoms. The van der Waals surface area contributed by atoms with Gasteiger partial charge in [0.05, 0.1) is 5.75 Å². The van der Waals surface area contributed by atoms with E-state index in [2.05, 4.69) is 57.3 Å². The average Bonchev–Trinajstić information content (AvgIpc) is 3.40. The van der Waals surface area contributed by atoms with Crippen molar-refractivity contribution in [2.45, 2.75) is 18.6 Å². The van der Waals surface area contributed by atoms with E-state index in [9.17, 15) is 4.79 Å². The first kappa shape index (κ1) is 19.4. The van der Waals surface area contributed by atoms with E-state index in [0.29, 0.717) is 5.16 Å². The normalized spacial score (nSPS) is 11.3. The lowest BCUT2D eigenvalue weighted by Gasteiger charge is -2.08. The molecular weight excluding hydrogens is 406 g/mol. The SMILES string of the molecule is CCn1c2ccccc2c2cc(NC(=O)CSc3nncn3-c3ccccc3)ccc21. The molecule has 2 heterocycles. The molecule has 7 heteroatoms. The van der Waals surface area contributed by atoms with E-state index in [0.717, 1.165) is 23.3 Å². The lowest BCUT2D eigenvalue weighted by molar-refractivity contribution is -0.113. The van der Waals surface area contributed by atoms with Gasteiger partial charge in [-0.2, -0.15) is 0 Å². The maximum absolute atomic E-state index is 12.6. The van der Waals surface area contributed by atoms with Crippen LogP contribution in [0.3, 0.4) is 0 Å². The van der Waals surface area contributed by atoms with Gasteiger partial charge in [-0.1, -0.05) is 48.2 Å². The summed E-state index contributed by atoms with van der Waals surface area (Å²) in [5.41, 5.74) is 4.14. The molecule has 0 aliphatic carbocycles. The van der Waals surface area contributed by atoms with E-state index in [1.807, 2.05) is 47.0 Å². The highest BCUT2D eigenvalue weighted by Gasteiger charge is 2.13. The number of carbonyl (C=O) groups excluding carboxylic acids is 1. The number of aromatic nitrogens is 4. The number of thioether (sulfide) groups is 1. The fourth-order valence-corrected chi connectivity index (χ4v) is 4.62. The third kappa shape index (κ3) is 3.68. The predicted octanol–water partition coefficient (Wildman–Crippen LogP) is 5.13. The van der Waals surface area contributed by atoms with Gasteiger partial charge in [-0.05, 0) is 43.3 Å². The van der Waals surface area contributed by atoms with Gasteiger partial charge in [-0.3, -0.25) is 9.36 Å². The zero-order valence-electron chi connectivity index (χ0n) is 17.0. The van der Waals surface area contributed by atoms with Gasteiger partial charge in [-0.25, -0.2) is 0 Å². The Hall–Kier alpha value is -3.58. The minimum atomic E-state index is -0.0776. The summed E-state index contributed by atoms with van der Waals surface area (Å²) < 4.78 is 4.17. The van der Waals surface area contributed by atoms with Gasteiger partial charge >= 0.3 is 0 Å². The van der Waals surface area contributed by atoms with Crippen molar-refractivity contribution in [2.75, 3.05) is 11.1 Å². The molecule has 0 spiro atoms. The molecule has 5 rings (SSSR count). The Balaban J connectivity index is 1.34. The number of anilines is 1. The summed E-state index contributed by atoms with van der Waals surface area (Å²) in [5.74, 6) is 0.173. The van der Waals surface area contributed by atoms with E-state index < -0.39 is 0 Å². The summed E-state index contributed by atoms with van der Waals surface area (Å²) in [5, 5.41) is 14.2. The first-order chi connectivity index (χ1) is 15.2. The smallest absolute Gasteiger partial charge is 0.234 e. The second-order valence-corrected chi connectivity index (χ2v) is 8.09. The third-order valence-corrected chi connectivity index (χ3v) is 6.20. The van der Waals surface area contributed by atoms with Crippen LogP contribution >= 0.6 is 11.8 Å². The van der Waals surface area contributed by atoms with Crippen molar-refractivity contribution < 1.29 is 4.79 Å². The van der Waals surface area contributed by atoms with E-state index in [1.165, 1.54) is 28.2 Å². The summed E-state index contributed by atoms with van der Waals surface area (Å²) >= 11 is 1.36. The molecule has 0 aliphatic rings. The summed E-state index contributed by atoms with van der Waals surface area (Å²) in [7, 11) is 0. The number of hydrogen-bond acceptors (Lipinski definition) is 4. The molecule has 0 saturated heterocycles. The second kappa shape index (κ2) is 8.28. The lowest BCUT2D eigenvalue weighted by Crippen LogP contribution is -2.14. The van der Waals surface area contributed by atoms with Gasteiger partial charge in [0.2, 0.25) is 5.91 Å². The Bertz CT molecular complexity index is 1370. The van der Waals surface area contributed by atoms with Crippen LogP contribution in [0.5, 0.6) is 0 Å². The van der Waals surface area contributed by atoms with Gasteiger partial charge in [0.1, 0.15) is 6.33 Å².